The van der Waals surface area contributed by atoms with E-state index in [4.69, 9.17) is 9.47 Å². The topological polar surface area (TPSA) is 98.8 Å². The molecule has 0 amide bonds. The van der Waals surface area contributed by atoms with Gasteiger partial charge in [-0.2, -0.15) is 0 Å². The molecule has 0 fully saturated rings. The van der Waals surface area contributed by atoms with Gasteiger partial charge in [-0.3, -0.25) is 9.52 Å². The molecule has 0 heterocycles. The molecule has 1 aliphatic carbocycles. The Labute approximate surface area is 174 Å². The number of halogens is 1. The first-order valence-corrected chi connectivity index (χ1v) is 10.8. The summed E-state index contributed by atoms with van der Waals surface area (Å²) in [5.41, 5.74) is 1.38. The zero-order valence-electron chi connectivity index (χ0n) is 16.8. The molecule has 1 aliphatic rings. The summed E-state index contributed by atoms with van der Waals surface area (Å²) in [6, 6.07) is 8.12. The van der Waals surface area contributed by atoms with Gasteiger partial charge in [-0.15, -0.1) is 0 Å². The lowest BCUT2D eigenvalue weighted by molar-refractivity contribution is -0.147. The average molecular weight is 435 g/mol. The summed E-state index contributed by atoms with van der Waals surface area (Å²) >= 11 is 0. The number of ether oxygens (including phenoxy) is 2. The maximum Gasteiger partial charge on any atom is 0.340 e. The lowest BCUT2D eigenvalue weighted by atomic mass is 9.78. The monoisotopic (exact) mass is 435 g/mol. The van der Waals surface area contributed by atoms with Crippen LogP contribution >= 0.6 is 0 Å². The van der Waals surface area contributed by atoms with Crippen molar-refractivity contribution < 1.29 is 31.9 Å². The van der Waals surface area contributed by atoms with Gasteiger partial charge < -0.3 is 9.47 Å². The minimum absolute atomic E-state index is 0.0271. The number of benzene rings is 2. The third kappa shape index (κ3) is 4.16. The smallest absolute Gasteiger partial charge is 0.340 e. The Bertz CT molecular complexity index is 1100. The van der Waals surface area contributed by atoms with E-state index in [-0.39, 0.29) is 17.2 Å². The van der Waals surface area contributed by atoms with Gasteiger partial charge in [0.25, 0.3) is 10.0 Å². The number of esters is 2. The number of fused-ring (bicyclic) bond motifs is 1. The van der Waals surface area contributed by atoms with Crippen molar-refractivity contribution in [3.63, 3.8) is 0 Å². The summed E-state index contributed by atoms with van der Waals surface area (Å²) in [7, 11) is -3.11. The van der Waals surface area contributed by atoms with Gasteiger partial charge in [-0.1, -0.05) is 25.1 Å². The summed E-state index contributed by atoms with van der Waals surface area (Å²) in [5.74, 6) is -2.46. The number of nitrogens with one attached hydrogen (secondary N) is 1. The molecule has 0 radical (unpaired) electrons. The molecule has 30 heavy (non-hydrogen) atoms. The molecule has 0 spiro atoms. The quantitative estimate of drug-likeness (QED) is 0.723. The number of methoxy groups -OCH3 is 1. The van der Waals surface area contributed by atoms with Crippen molar-refractivity contribution in [2.75, 3.05) is 11.8 Å². The Morgan fingerprint density at radius 2 is 1.87 bits per heavy atom. The first-order chi connectivity index (χ1) is 14.2. The maximum absolute atomic E-state index is 14.1. The van der Waals surface area contributed by atoms with Crippen LogP contribution in [-0.2, 0) is 30.7 Å². The van der Waals surface area contributed by atoms with Crippen molar-refractivity contribution in [3.05, 3.63) is 58.9 Å². The van der Waals surface area contributed by atoms with Crippen molar-refractivity contribution >= 4 is 27.6 Å². The van der Waals surface area contributed by atoms with Gasteiger partial charge in [-0.25, -0.2) is 17.6 Å². The van der Waals surface area contributed by atoms with Gasteiger partial charge in [0.15, 0.2) is 0 Å². The van der Waals surface area contributed by atoms with Crippen LogP contribution in [0.5, 0.6) is 0 Å². The van der Waals surface area contributed by atoms with E-state index in [0.29, 0.717) is 18.4 Å². The number of carbonyl (C=O) groups excluding carboxylic acids is 2. The number of hydrogen-bond donors (Lipinski definition) is 1. The van der Waals surface area contributed by atoms with Crippen LogP contribution in [0.3, 0.4) is 0 Å². The summed E-state index contributed by atoms with van der Waals surface area (Å²) in [6.07, 6.45) is 0.660. The Hall–Kier alpha value is -2.94. The summed E-state index contributed by atoms with van der Waals surface area (Å²) in [5, 5.41) is 0. The first kappa shape index (κ1) is 21.8. The van der Waals surface area contributed by atoms with Gasteiger partial charge in [0.2, 0.25) is 0 Å². The third-order valence-corrected chi connectivity index (χ3v) is 6.52. The number of aryl methyl sites for hydroxylation is 1. The number of hydrogen-bond acceptors (Lipinski definition) is 6. The molecule has 0 aliphatic heterocycles. The highest BCUT2D eigenvalue weighted by Gasteiger charge is 2.34. The second kappa shape index (κ2) is 8.43. The van der Waals surface area contributed by atoms with E-state index in [9.17, 15) is 22.4 Å². The van der Waals surface area contributed by atoms with Crippen LogP contribution in [0, 0.1) is 5.82 Å². The van der Waals surface area contributed by atoms with Crippen molar-refractivity contribution in [1.82, 2.24) is 0 Å². The Morgan fingerprint density at radius 1 is 1.17 bits per heavy atom. The second-order valence-electron chi connectivity index (χ2n) is 7.06. The van der Waals surface area contributed by atoms with E-state index >= 15 is 0 Å². The molecule has 2 atom stereocenters. The van der Waals surface area contributed by atoms with Crippen molar-refractivity contribution in [3.8, 4) is 0 Å². The molecule has 3 rings (SSSR count). The van der Waals surface area contributed by atoms with E-state index in [1.165, 1.54) is 32.2 Å². The van der Waals surface area contributed by atoms with Gasteiger partial charge in [0.1, 0.15) is 16.8 Å². The predicted octanol–water partition coefficient (Wildman–Crippen LogP) is 3.39. The highest BCUT2D eigenvalue weighted by molar-refractivity contribution is 7.92. The maximum atomic E-state index is 14.1. The summed E-state index contributed by atoms with van der Waals surface area (Å²) in [6.45, 7) is 3.11. The van der Waals surface area contributed by atoms with Crippen LogP contribution in [0.1, 0.15) is 47.7 Å². The molecular formula is C21H22FNO6S. The number of anilines is 1. The molecule has 160 valence electrons. The lowest BCUT2D eigenvalue weighted by Gasteiger charge is -2.32. The lowest BCUT2D eigenvalue weighted by Crippen LogP contribution is -2.30. The van der Waals surface area contributed by atoms with E-state index in [0.717, 1.165) is 17.7 Å². The largest absolute Gasteiger partial charge is 0.465 e. The van der Waals surface area contributed by atoms with Crippen LogP contribution in [0.15, 0.2) is 41.3 Å². The summed E-state index contributed by atoms with van der Waals surface area (Å²) in [4.78, 5) is 23.5. The molecule has 0 saturated carbocycles. The van der Waals surface area contributed by atoms with E-state index in [1.54, 1.807) is 13.0 Å². The van der Waals surface area contributed by atoms with Gasteiger partial charge in [0, 0.05) is 12.8 Å². The third-order valence-electron chi connectivity index (χ3n) is 5.12. The number of rotatable bonds is 5. The van der Waals surface area contributed by atoms with Gasteiger partial charge in [0.05, 0.1) is 18.4 Å². The van der Waals surface area contributed by atoms with Crippen LogP contribution in [0.25, 0.3) is 0 Å². The molecule has 7 nitrogen and oxygen atoms in total. The second-order valence-corrected chi connectivity index (χ2v) is 8.71. The van der Waals surface area contributed by atoms with Gasteiger partial charge in [-0.05, 0) is 42.2 Å². The minimum Gasteiger partial charge on any atom is -0.465 e. The normalized spacial score (nSPS) is 18.3. The fourth-order valence-electron chi connectivity index (χ4n) is 3.78. The van der Waals surface area contributed by atoms with Crippen LogP contribution in [0.2, 0.25) is 0 Å². The van der Waals surface area contributed by atoms with Crippen molar-refractivity contribution in [2.24, 2.45) is 0 Å². The fourth-order valence-corrected chi connectivity index (χ4v) is 4.93. The molecule has 1 N–H and O–H groups in total. The molecule has 2 aromatic rings. The first-order valence-electron chi connectivity index (χ1n) is 9.34. The number of carbonyl (C=O) groups is 2. The number of sulfonamides is 1. The van der Waals surface area contributed by atoms with Crippen molar-refractivity contribution in [1.29, 1.82) is 0 Å². The zero-order valence-corrected chi connectivity index (χ0v) is 17.6. The molecular weight excluding hydrogens is 413 g/mol. The molecule has 0 unspecified atom stereocenters. The Kier molecular flexibility index (Phi) is 6.12. The fraction of sp³-hybridized carbons (Fsp3) is 0.333. The SMILES string of the molecule is COC(=O)c1c(NS(=O)(=O)c2ccccc2F)ccc2c1[C@H](C)[C@@H](OC(C)=O)CC2. The average Bonchev–Trinajstić information content (AvgIpc) is 2.69. The zero-order chi connectivity index (χ0) is 22.1. The molecule has 9 heteroatoms. The van der Waals surface area contributed by atoms with E-state index in [2.05, 4.69) is 4.72 Å². The highest BCUT2D eigenvalue weighted by atomic mass is 32.2. The Morgan fingerprint density at radius 3 is 2.50 bits per heavy atom. The molecule has 0 saturated heterocycles. The van der Waals surface area contributed by atoms with E-state index < -0.39 is 38.8 Å². The standard InChI is InChI=1S/C21H22FNO6S/c1-12-17(29-13(2)24)11-9-14-8-10-16(20(19(12)14)21(25)28-3)23-30(26,27)18-7-5-4-6-15(18)22/h4-8,10,12,17,23H,9,11H2,1-3H3/t12-,17+/m1/s1. The predicted molar refractivity (Wildman–Crippen MR) is 107 cm³/mol. The van der Waals surface area contributed by atoms with Crippen LogP contribution < -0.4 is 4.72 Å². The minimum atomic E-state index is -4.30. The molecule has 0 aromatic heterocycles. The molecule has 2 aromatic carbocycles. The summed E-state index contributed by atoms with van der Waals surface area (Å²) < 4.78 is 52.2. The van der Waals surface area contributed by atoms with Crippen LogP contribution in [-0.4, -0.2) is 33.6 Å². The van der Waals surface area contributed by atoms with E-state index in [1.807, 2.05) is 0 Å². The van der Waals surface area contributed by atoms with Crippen molar-refractivity contribution in [2.45, 2.75) is 43.6 Å². The van der Waals surface area contributed by atoms with Crippen LogP contribution in [0.4, 0.5) is 10.1 Å². The Balaban J connectivity index is 2.11. The highest BCUT2D eigenvalue weighted by Crippen LogP contribution is 2.39. The van der Waals surface area contributed by atoms with Gasteiger partial charge >= 0.3 is 11.9 Å². The molecule has 0 bridgehead atoms.